The molecular weight excluding hydrogens is 175 g/mol. The van der Waals surface area contributed by atoms with E-state index in [1.54, 1.807) is 0 Å². The first kappa shape index (κ1) is 9.25. The van der Waals surface area contributed by atoms with Crippen LogP contribution in [0.2, 0.25) is 0 Å². The van der Waals surface area contributed by atoms with E-state index in [0.29, 0.717) is 5.56 Å². The van der Waals surface area contributed by atoms with Gasteiger partial charge in [-0.2, -0.15) is 0 Å². The summed E-state index contributed by atoms with van der Waals surface area (Å²) < 4.78 is 12.6. The summed E-state index contributed by atoms with van der Waals surface area (Å²) in [6, 6.07) is 3.33. The Kier molecular flexibility index (Phi) is 2.64. The standard InChI is InChI=1S/C9H7FO3/c10-7-3-6(1-2-9(12)13)4-8(11)5-7/h1-5,11H,(H,12,13). The van der Waals surface area contributed by atoms with Crippen LogP contribution in [-0.4, -0.2) is 16.2 Å². The lowest BCUT2D eigenvalue weighted by atomic mass is 10.2. The SMILES string of the molecule is O=C(O)C=Cc1cc(O)cc(F)c1. The van der Waals surface area contributed by atoms with Gasteiger partial charge in [0.25, 0.3) is 0 Å². The highest BCUT2D eigenvalue weighted by Crippen LogP contribution is 2.15. The van der Waals surface area contributed by atoms with Crippen molar-refractivity contribution in [1.82, 2.24) is 0 Å². The molecule has 0 spiro atoms. The van der Waals surface area contributed by atoms with Gasteiger partial charge in [0.1, 0.15) is 11.6 Å². The predicted molar refractivity (Wildman–Crippen MR) is 44.7 cm³/mol. The molecule has 13 heavy (non-hydrogen) atoms. The Hall–Kier alpha value is -1.84. The number of hydrogen-bond acceptors (Lipinski definition) is 2. The molecule has 0 aliphatic carbocycles. The van der Waals surface area contributed by atoms with Gasteiger partial charge in [0, 0.05) is 12.1 Å². The fourth-order valence-electron chi connectivity index (χ4n) is 0.860. The maximum absolute atomic E-state index is 12.6. The second kappa shape index (κ2) is 3.71. The van der Waals surface area contributed by atoms with Crippen LogP contribution >= 0.6 is 0 Å². The van der Waals surface area contributed by atoms with Gasteiger partial charge in [0.2, 0.25) is 0 Å². The van der Waals surface area contributed by atoms with Crippen molar-refractivity contribution in [2.75, 3.05) is 0 Å². The highest BCUT2D eigenvalue weighted by Gasteiger charge is 1.96. The number of aromatic hydroxyl groups is 1. The van der Waals surface area contributed by atoms with E-state index in [2.05, 4.69) is 0 Å². The Morgan fingerprint density at radius 3 is 2.62 bits per heavy atom. The van der Waals surface area contributed by atoms with Crippen LogP contribution in [0.3, 0.4) is 0 Å². The van der Waals surface area contributed by atoms with Crippen LogP contribution in [0.4, 0.5) is 4.39 Å². The van der Waals surface area contributed by atoms with E-state index in [1.807, 2.05) is 0 Å². The fraction of sp³-hybridized carbons (Fsp3) is 0. The molecule has 0 aliphatic heterocycles. The number of aliphatic carboxylic acids is 1. The van der Waals surface area contributed by atoms with Crippen molar-refractivity contribution in [3.8, 4) is 5.75 Å². The second-order valence-corrected chi connectivity index (χ2v) is 2.41. The monoisotopic (exact) mass is 182 g/mol. The van der Waals surface area contributed by atoms with Crippen LogP contribution in [-0.2, 0) is 4.79 Å². The number of carbonyl (C=O) groups is 1. The first-order valence-electron chi connectivity index (χ1n) is 3.48. The average molecular weight is 182 g/mol. The summed E-state index contributed by atoms with van der Waals surface area (Å²) in [7, 11) is 0. The molecule has 1 aromatic carbocycles. The molecule has 0 radical (unpaired) electrons. The molecule has 0 atom stereocenters. The zero-order chi connectivity index (χ0) is 9.84. The van der Waals surface area contributed by atoms with Crippen molar-refractivity contribution in [3.05, 3.63) is 35.7 Å². The Labute approximate surface area is 73.8 Å². The Bertz CT molecular complexity index is 338. The molecule has 0 fully saturated rings. The summed E-state index contributed by atoms with van der Waals surface area (Å²) >= 11 is 0. The van der Waals surface area contributed by atoms with Crippen molar-refractivity contribution >= 4 is 12.0 Å². The highest BCUT2D eigenvalue weighted by atomic mass is 19.1. The minimum atomic E-state index is -1.12. The maximum atomic E-state index is 12.6. The number of halogens is 1. The van der Waals surface area contributed by atoms with Crippen LogP contribution in [0.1, 0.15) is 5.56 Å². The number of phenols is 1. The third-order valence-corrected chi connectivity index (χ3v) is 1.32. The summed E-state index contributed by atoms with van der Waals surface area (Å²) in [5.41, 5.74) is 0.305. The molecule has 68 valence electrons. The van der Waals surface area contributed by atoms with Gasteiger partial charge in [0.05, 0.1) is 0 Å². The van der Waals surface area contributed by atoms with E-state index in [9.17, 15) is 9.18 Å². The largest absolute Gasteiger partial charge is 0.508 e. The van der Waals surface area contributed by atoms with E-state index in [-0.39, 0.29) is 5.75 Å². The van der Waals surface area contributed by atoms with Crippen molar-refractivity contribution < 1.29 is 19.4 Å². The normalized spacial score (nSPS) is 10.5. The molecule has 2 N–H and O–H groups in total. The molecular formula is C9H7FO3. The van der Waals surface area contributed by atoms with E-state index >= 15 is 0 Å². The van der Waals surface area contributed by atoms with E-state index in [0.717, 1.165) is 18.2 Å². The van der Waals surface area contributed by atoms with Gasteiger partial charge in [0.15, 0.2) is 0 Å². The molecule has 0 aliphatic rings. The summed E-state index contributed by atoms with van der Waals surface area (Å²) in [6.45, 7) is 0. The minimum absolute atomic E-state index is 0.231. The molecule has 0 saturated carbocycles. The zero-order valence-corrected chi connectivity index (χ0v) is 6.57. The second-order valence-electron chi connectivity index (χ2n) is 2.41. The van der Waals surface area contributed by atoms with Crippen LogP contribution in [0.5, 0.6) is 5.75 Å². The third kappa shape index (κ3) is 2.94. The Morgan fingerprint density at radius 1 is 1.38 bits per heavy atom. The highest BCUT2D eigenvalue weighted by molar-refractivity contribution is 5.85. The lowest BCUT2D eigenvalue weighted by Crippen LogP contribution is -1.86. The fourth-order valence-corrected chi connectivity index (χ4v) is 0.860. The Balaban J connectivity index is 2.95. The number of hydrogen-bond donors (Lipinski definition) is 2. The molecule has 0 amide bonds. The van der Waals surface area contributed by atoms with Crippen LogP contribution in [0.25, 0.3) is 6.08 Å². The van der Waals surface area contributed by atoms with Gasteiger partial charge >= 0.3 is 5.97 Å². The van der Waals surface area contributed by atoms with Crippen molar-refractivity contribution in [1.29, 1.82) is 0 Å². The molecule has 0 unspecified atom stereocenters. The molecule has 0 aromatic heterocycles. The van der Waals surface area contributed by atoms with Gasteiger partial charge < -0.3 is 10.2 Å². The van der Waals surface area contributed by atoms with Gasteiger partial charge in [-0.25, -0.2) is 9.18 Å². The first-order valence-corrected chi connectivity index (χ1v) is 3.48. The van der Waals surface area contributed by atoms with Gasteiger partial charge in [-0.05, 0) is 23.8 Å². The number of benzene rings is 1. The van der Waals surface area contributed by atoms with E-state index < -0.39 is 11.8 Å². The average Bonchev–Trinajstić information content (AvgIpc) is 1.99. The van der Waals surface area contributed by atoms with E-state index in [1.165, 1.54) is 12.1 Å². The number of phenolic OH excluding ortho intramolecular Hbond substituents is 1. The van der Waals surface area contributed by atoms with Gasteiger partial charge in [-0.3, -0.25) is 0 Å². The summed E-state index contributed by atoms with van der Waals surface area (Å²) in [5.74, 6) is -1.96. The maximum Gasteiger partial charge on any atom is 0.328 e. The van der Waals surface area contributed by atoms with Gasteiger partial charge in [-0.15, -0.1) is 0 Å². The van der Waals surface area contributed by atoms with Crippen LogP contribution in [0.15, 0.2) is 24.3 Å². The number of carboxylic acid groups (broad SMARTS) is 1. The molecule has 0 heterocycles. The predicted octanol–water partition coefficient (Wildman–Crippen LogP) is 1.63. The molecule has 1 rings (SSSR count). The molecule has 0 saturated heterocycles. The molecule has 0 bridgehead atoms. The third-order valence-electron chi connectivity index (χ3n) is 1.32. The van der Waals surface area contributed by atoms with Gasteiger partial charge in [-0.1, -0.05) is 0 Å². The number of carboxylic acids is 1. The summed E-state index contributed by atoms with van der Waals surface area (Å²) in [5, 5.41) is 17.2. The molecule has 3 nitrogen and oxygen atoms in total. The quantitative estimate of drug-likeness (QED) is 0.683. The van der Waals surface area contributed by atoms with Crippen molar-refractivity contribution in [2.45, 2.75) is 0 Å². The topological polar surface area (TPSA) is 57.5 Å². The molecule has 1 aromatic rings. The van der Waals surface area contributed by atoms with Crippen LogP contribution in [0, 0.1) is 5.82 Å². The van der Waals surface area contributed by atoms with E-state index in [4.69, 9.17) is 10.2 Å². The molecule has 4 heteroatoms. The van der Waals surface area contributed by atoms with Crippen molar-refractivity contribution in [3.63, 3.8) is 0 Å². The first-order chi connectivity index (χ1) is 6.08. The smallest absolute Gasteiger partial charge is 0.328 e. The minimum Gasteiger partial charge on any atom is -0.508 e. The summed E-state index contributed by atoms with van der Waals surface area (Å²) in [6.07, 6.45) is 2.07. The Morgan fingerprint density at radius 2 is 2.08 bits per heavy atom. The zero-order valence-electron chi connectivity index (χ0n) is 6.57. The van der Waals surface area contributed by atoms with Crippen LogP contribution < -0.4 is 0 Å². The van der Waals surface area contributed by atoms with Crippen molar-refractivity contribution in [2.24, 2.45) is 0 Å². The lowest BCUT2D eigenvalue weighted by molar-refractivity contribution is -0.131. The summed E-state index contributed by atoms with van der Waals surface area (Å²) in [4.78, 5) is 10.1. The number of rotatable bonds is 2. The lowest BCUT2D eigenvalue weighted by Gasteiger charge is -1.95.